The summed E-state index contributed by atoms with van der Waals surface area (Å²) in [5, 5.41) is 0. The van der Waals surface area contributed by atoms with Crippen molar-refractivity contribution >= 4 is 11.8 Å². The lowest BCUT2D eigenvalue weighted by molar-refractivity contribution is 1.42. The van der Waals surface area contributed by atoms with Crippen molar-refractivity contribution in [3.8, 4) is 12.3 Å². The predicted octanol–water partition coefficient (Wildman–Crippen LogP) is 3.29. The van der Waals surface area contributed by atoms with Crippen LogP contribution >= 0.6 is 11.8 Å². The minimum atomic E-state index is 0.936. The Balaban J connectivity index is 2.99. The smallest absolute Gasteiger partial charge is 0.0382 e. The molecule has 0 bridgehead atoms. The first-order valence-electron chi connectivity index (χ1n) is 3.63. The van der Waals surface area contributed by atoms with E-state index in [9.17, 15) is 0 Å². The van der Waals surface area contributed by atoms with E-state index in [0.717, 1.165) is 15.4 Å². The number of rotatable bonds is 2. The standard InChI is InChI=1S/C11H10S/c1-4-10-7-5-6-8-11(10)12-9(2)3/h1,5-8H,2H2,3H3. The summed E-state index contributed by atoms with van der Waals surface area (Å²) in [4.78, 5) is 2.16. The monoisotopic (exact) mass is 174 g/mol. The third-order valence-electron chi connectivity index (χ3n) is 1.33. The van der Waals surface area contributed by atoms with Crippen molar-refractivity contribution < 1.29 is 0 Å². The van der Waals surface area contributed by atoms with Gasteiger partial charge in [0.25, 0.3) is 0 Å². The molecule has 0 aliphatic heterocycles. The molecule has 0 saturated heterocycles. The highest BCUT2D eigenvalue weighted by atomic mass is 32.2. The lowest BCUT2D eigenvalue weighted by Gasteiger charge is -2.01. The van der Waals surface area contributed by atoms with Crippen LogP contribution < -0.4 is 0 Å². The Kier molecular flexibility index (Phi) is 3.01. The van der Waals surface area contributed by atoms with Crippen LogP contribution in [0, 0.1) is 12.3 Å². The van der Waals surface area contributed by atoms with Gasteiger partial charge < -0.3 is 0 Å². The molecular formula is C11H10S. The molecule has 1 rings (SSSR count). The highest BCUT2D eigenvalue weighted by molar-refractivity contribution is 8.03. The lowest BCUT2D eigenvalue weighted by Crippen LogP contribution is -1.78. The van der Waals surface area contributed by atoms with Crippen molar-refractivity contribution in [2.75, 3.05) is 0 Å². The molecule has 0 nitrogen and oxygen atoms in total. The second kappa shape index (κ2) is 4.04. The fourth-order valence-corrected chi connectivity index (χ4v) is 1.62. The molecule has 0 N–H and O–H groups in total. The average molecular weight is 174 g/mol. The van der Waals surface area contributed by atoms with Gasteiger partial charge in [-0.2, -0.15) is 0 Å². The molecule has 0 unspecified atom stereocenters. The lowest BCUT2D eigenvalue weighted by atomic mass is 10.2. The molecule has 1 aromatic carbocycles. The van der Waals surface area contributed by atoms with Crippen molar-refractivity contribution in [1.29, 1.82) is 0 Å². The summed E-state index contributed by atoms with van der Waals surface area (Å²) in [5.74, 6) is 2.64. The Labute approximate surface area is 77.7 Å². The molecule has 0 amide bonds. The summed E-state index contributed by atoms with van der Waals surface area (Å²) >= 11 is 1.61. The normalized spacial score (nSPS) is 9.00. The van der Waals surface area contributed by atoms with Gasteiger partial charge in [0.1, 0.15) is 0 Å². The van der Waals surface area contributed by atoms with E-state index in [-0.39, 0.29) is 0 Å². The number of benzene rings is 1. The zero-order valence-electron chi connectivity index (χ0n) is 7.00. The minimum absolute atomic E-state index is 0.936. The third-order valence-corrected chi connectivity index (χ3v) is 2.25. The van der Waals surface area contributed by atoms with Crippen LogP contribution in [-0.2, 0) is 0 Å². The maximum atomic E-state index is 5.33. The molecule has 0 saturated carbocycles. The van der Waals surface area contributed by atoms with Gasteiger partial charge in [-0.1, -0.05) is 36.4 Å². The summed E-state index contributed by atoms with van der Waals surface area (Å²) in [6.07, 6.45) is 5.33. The fraction of sp³-hybridized carbons (Fsp3) is 0.0909. The Morgan fingerprint density at radius 2 is 2.17 bits per heavy atom. The van der Waals surface area contributed by atoms with Crippen molar-refractivity contribution in [1.82, 2.24) is 0 Å². The number of allylic oxidation sites excluding steroid dienone is 1. The van der Waals surface area contributed by atoms with E-state index in [2.05, 4.69) is 12.5 Å². The van der Waals surface area contributed by atoms with Gasteiger partial charge in [-0.15, -0.1) is 6.42 Å². The van der Waals surface area contributed by atoms with Gasteiger partial charge in [0.15, 0.2) is 0 Å². The van der Waals surface area contributed by atoms with E-state index in [1.54, 1.807) is 11.8 Å². The topological polar surface area (TPSA) is 0 Å². The van der Waals surface area contributed by atoms with E-state index in [4.69, 9.17) is 6.42 Å². The van der Waals surface area contributed by atoms with E-state index in [1.807, 2.05) is 31.2 Å². The largest absolute Gasteiger partial charge is 0.115 e. The SMILES string of the molecule is C#Cc1ccccc1SC(=C)C. The predicted molar refractivity (Wildman–Crippen MR) is 55.0 cm³/mol. The molecule has 12 heavy (non-hydrogen) atoms. The summed E-state index contributed by atoms with van der Waals surface area (Å²) < 4.78 is 0. The van der Waals surface area contributed by atoms with Crippen LogP contribution in [0.4, 0.5) is 0 Å². The van der Waals surface area contributed by atoms with Crippen LogP contribution in [0.3, 0.4) is 0 Å². The maximum absolute atomic E-state index is 5.33. The molecule has 0 heterocycles. The zero-order valence-corrected chi connectivity index (χ0v) is 7.82. The zero-order chi connectivity index (χ0) is 8.97. The van der Waals surface area contributed by atoms with Crippen LogP contribution in [0.15, 0.2) is 40.6 Å². The van der Waals surface area contributed by atoms with Crippen LogP contribution in [0.25, 0.3) is 0 Å². The van der Waals surface area contributed by atoms with Gasteiger partial charge in [0, 0.05) is 10.5 Å². The quantitative estimate of drug-likeness (QED) is 0.489. The first kappa shape index (κ1) is 8.96. The molecule has 0 atom stereocenters. The van der Waals surface area contributed by atoms with Crippen LogP contribution in [0.5, 0.6) is 0 Å². The molecule has 0 aliphatic rings. The molecule has 1 heteroatoms. The summed E-state index contributed by atoms with van der Waals surface area (Å²) in [6, 6.07) is 7.86. The third kappa shape index (κ3) is 2.18. The number of hydrogen-bond acceptors (Lipinski definition) is 1. The van der Waals surface area contributed by atoms with Crippen LogP contribution in [-0.4, -0.2) is 0 Å². The van der Waals surface area contributed by atoms with Gasteiger partial charge >= 0.3 is 0 Å². The molecule has 0 spiro atoms. The summed E-state index contributed by atoms with van der Waals surface area (Å²) in [6.45, 7) is 5.79. The number of terminal acetylenes is 1. The minimum Gasteiger partial charge on any atom is -0.115 e. The van der Waals surface area contributed by atoms with Gasteiger partial charge in [0.2, 0.25) is 0 Å². The van der Waals surface area contributed by atoms with Gasteiger partial charge in [0.05, 0.1) is 0 Å². The Morgan fingerprint density at radius 1 is 1.50 bits per heavy atom. The van der Waals surface area contributed by atoms with Crippen LogP contribution in [0.2, 0.25) is 0 Å². The van der Waals surface area contributed by atoms with Gasteiger partial charge in [-0.3, -0.25) is 0 Å². The summed E-state index contributed by atoms with van der Waals surface area (Å²) in [7, 11) is 0. The molecule has 60 valence electrons. The maximum Gasteiger partial charge on any atom is 0.0382 e. The molecular weight excluding hydrogens is 164 g/mol. The van der Waals surface area contributed by atoms with E-state index >= 15 is 0 Å². The average Bonchev–Trinajstić information content (AvgIpc) is 2.04. The Hall–Kier alpha value is -1.13. The Morgan fingerprint density at radius 3 is 2.75 bits per heavy atom. The number of thioether (sulfide) groups is 1. The van der Waals surface area contributed by atoms with Crippen LogP contribution in [0.1, 0.15) is 12.5 Å². The first-order chi connectivity index (χ1) is 5.74. The van der Waals surface area contributed by atoms with Gasteiger partial charge in [-0.25, -0.2) is 0 Å². The van der Waals surface area contributed by atoms with Crippen molar-refractivity contribution in [3.05, 3.63) is 41.3 Å². The highest BCUT2D eigenvalue weighted by Gasteiger charge is 1.98. The van der Waals surface area contributed by atoms with E-state index in [1.165, 1.54) is 0 Å². The van der Waals surface area contributed by atoms with Crippen molar-refractivity contribution in [2.24, 2.45) is 0 Å². The molecule has 0 fully saturated rings. The fourth-order valence-electron chi connectivity index (χ4n) is 0.863. The first-order valence-corrected chi connectivity index (χ1v) is 4.44. The Bertz CT molecular complexity index is 331. The molecule has 0 aromatic heterocycles. The molecule has 1 aromatic rings. The van der Waals surface area contributed by atoms with Gasteiger partial charge in [-0.05, 0) is 24.0 Å². The van der Waals surface area contributed by atoms with E-state index in [0.29, 0.717) is 0 Å². The molecule has 0 aliphatic carbocycles. The van der Waals surface area contributed by atoms with Crippen molar-refractivity contribution in [2.45, 2.75) is 11.8 Å². The summed E-state index contributed by atoms with van der Waals surface area (Å²) in [5.41, 5.74) is 0.936. The number of hydrogen-bond donors (Lipinski definition) is 0. The second-order valence-corrected chi connectivity index (χ2v) is 3.79. The van der Waals surface area contributed by atoms with Crippen molar-refractivity contribution in [3.63, 3.8) is 0 Å². The highest BCUT2D eigenvalue weighted by Crippen LogP contribution is 2.27. The second-order valence-electron chi connectivity index (χ2n) is 2.44. The van der Waals surface area contributed by atoms with E-state index < -0.39 is 0 Å². The molecule has 0 radical (unpaired) electrons.